The third-order valence-corrected chi connectivity index (χ3v) is 1.91. The number of ether oxygens (including phenoxy) is 1. The molecule has 0 bridgehead atoms. The van der Waals surface area contributed by atoms with Crippen molar-refractivity contribution in [3.05, 3.63) is 41.5 Å². The molecule has 15 heavy (non-hydrogen) atoms. The van der Waals surface area contributed by atoms with Crippen LogP contribution in [0.5, 0.6) is 0 Å². The highest BCUT2D eigenvalue weighted by Crippen LogP contribution is 2.16. The molecule has 0 fully saturated rings. The van der Waals surface area contributed by atoms with Gasteiger partial charge in [-0.25, -0.2) is 0 Å². The van der Waals surface area contributed by atoms with Crippen molar-refractivity contribution in [3.63, 3.8) is 0 Å². The van der Waals surface area contributed by atoms with Crippen LogP contribution >= 0.6 is 0 Å². The zero-order chi connectivity index (χ0) is 11.7. The van der Waals surface area contributed by atoms with Crippen LogP contribution in [0.25, 0.3) is 5.76 Å². The molecule has 1 aromatic carbocycles. The monoisotopic (exact) mass is 206 g/mol. The molecule has 0 unspecified atom stereocenters. The average Bonchev–Trinajstić information content (AvgIpc) is 2.28. The summed E-state index contributed by atoms with van der Waals surface area (Å²) in [5.41, 5.74) is 2.42. The molecular formula is C14H22O. The van der Waals surface area contributed by atoms with Gasteiger partial charge in [0.25, 0.3) is 0 Å². The van der Waals surface area contributed by atoms with Gasteiger partial charge >= 0.3 is 0 Å². The minimum atomic E-state index is 0.964. The van der Waals surface area contributed by atoms with Crippen LogP contribution in [0, 0.1) is 6.92 Å². The Kier molecular flexibility index (Phi) is 7.43. The minimum absolute atomic E-state index is 0.964. The molecule has 0 spiro atoms. The topological polar surface area (TPSA) is 9.23 Å². The fourth-order valence-corrected chi connectivity index (χ4v) is 1.30. The number of methoxy groups -OCH3 is 1. The molecule has 0 saturated carbocycles. The van der Waals surface area contributed by atoms with Gasteiger partial charge in [0.2, 0.25) is 0 Å². The highest BCUT2D eigenvalue weighted by molar-refractivity contribution is 5.60. The second kappa shape index (κ2) is 8.10. The number of aryl methyl sites for hydroxylation is 1. The molecule has 0 heterocycles. The lowest BCUT2D eigenvalue weighted by Crippen LogP contribution is -1.87. The van der Waals surface area contributed by atoms with Crippen LogP contribution in [0.15, 0.2) is 30.3 Å². The van der Waals surface area contributed by atoms with Crippen molar-refractivity contribution in [2.45, 2.75) is 34.1 Å². The molecule has 1 nitrogen and oxygen atoms in total. The van der Waals surface area contributed by atoms with Gasteiger partial charge in [-0.1, -0.05) is 44.5 Å². The van der Waals surface area contributed by atoms with Crippen molar-refractivity contribution < 1.29 is 4.74 Å². The first-order valence-electron chi connectivity index (χ1n) is 5.59. The van der Waals surface area contributed by atoms with E-state index in [4.69, 9.17) is 4.74 Å². The minimum Gasteiger partial charge on any atom is -0.496 e. The van der Waals surface area contributed by atoms with Crippen LogP contribution in [0.3, 0.4) is 0 Å². The Balaban J connectivity index is 0.000000921. The Morgan fingerprint density at radius 2 is 2.00 bits per heavy atom. The average molecular weight is 206 g/mol. The van der Waals surface area contributed by atoms with Crippen molar-refractivity contribution in [3.8, 4) is 0 Å². The van der Waals surface area contributed by atoms with E-state index < -0.39 is 0 Å². The van der Waals surface area contributed by atoms with E-state index in [2.05, 4.69) is 38.1 Å². The lowest BCUT2D eigenvalue weighted by Gasteiger charge is -2.06. The summed E-state index contributed by atoms with van der Waals surface area (Å²) in [7, 11) is 1.71. The lowest BCUT2D eigenvalue weighted by atomic mass is 10.1. The van der Waals surface area contributed by atoms with E-state index >= 15 is 0 Å². The quantitative estimate of drug-likeness (QED) is 0.665. The summed E-state index contributed by atoms with van der Waals surface area (Å²) < 4.78 is 5.29. The van der Waals surface area contributed by atoms with Crippen LogP contribution < -0.4 is 0 Å². The molecule has 1 aromatic rings. The van der Waals surface area contributed by atoms with Gasteiger partial charge in [0.1, 0.15) is 5.76 Å². The highest BCUT2D eigenvalue weighted by atomic mass is 16.5. The van der Waals surface area contributed by atoms with Crippen LogP contribution in [0.1, 0.15) is 38.3 Å². The summed E-state index contributed by atoms with van der Waals surface area (Å²) in [6.45, 7) is 8.19. The summed E-state index contributed by atoms with van der Waals surface area (Å²) in [6, 6.07) is 8.33. The molecular weight excluding hydrogens is 184 g/mol. The van der Waals surface area contributed by atoms with Crippen molar-refractivity contribution in [2.75, 3.05) is 7.11 Å². The molecule has 0 aliphatic rings. The fraction of sp³-hybridized carbons (Fsp3) is 0.429. The zero-order valence-electron chi connectivity index (χ0n) is 10.5. The summed E-state index contributed by atoms with van der Waals surface area (Å²) in [5, 5.41) is 0. The van der Waals surface area contributed by atoms with Gasteiger partial charge in [-0.05, 0) is 25.5 Å². The van der Waals surface area contributed by atoms with Crippen molar-refractivity contribution in [2.24, 2.45) is 0 Å². The standard InChI is InChI=1S/C12H16O.C2H6/c1-4-6-12(13-3)11-8-5-7-10(2)9-11;1-2/h5-9H,4H2,1-3H3;1-2H3. The van der Waals surface area contributed by atoms with E-state index in [0.29, 0.717) is 0 Å². The normalized spacial score (nSPS) is 10.3. The van der Waals surface area contributed by atoms with Crippen LogP contribution in [0.4, 0.5) is 0 Å². The SMILES string of the molecule is CC.CCC=C(OC)c1cccc(C)c1. The van der Waals surface area contributed by atoms with Crippen molar-refractivity contribution >= 4 is 5.76 Å². The second-order valence-electron chi connectivity index (χ2n) is 3.05. The molecule has 0 saturated heterocycles. The van der Waals surface area contributed by atoms with E-state index in [0.717, 1.165) is 17.7 Å². The lowest BCUT2D eigenvalue weighted by molar-refractivity contribution is 0.369. The molecule has 84 valence electrons. The van der Waals surface area contributed by atoms with Crippen LogP contribution in [-0.2, 0) is 4.74 Å². The summed E-state index contributed by atoms with van der Waals surface area (Å²) in [5.74, 6) is 0.964. The molecule has 1 heteroatoms. The van der Waals surface area contributed by atoms with E-state index in [1.165, 1.54) is 5.56 Å². The number of rotatable bonds is 3. The smallest absolute Gasteiger partial charge is 0.122 e. The first-order chi connectivity index (χ1) is 7.27. The predicted molar refractivity (Wildman–Crippen MR) is 67.8 cm³/mol. The Hall–Kier alpha value is -1.24. The third-order valence-electron chi connectivity index (χ3n) is 1.91. The van der Waals surface area contributed by atoms with Crippen molar-refractivity contribution in [1.29, 1.82) is 0 Å². The van der Waals surface area contributed by atoms with Gasteiger partial charge in [-0.2, -0.15) is 0 Å². The van der Waals surface area contributed by atoms with Gasteiger partial charge in [0.05, 0.1) is 7.11 Å². The molecule has 0 atom stereocenters. The van der Waals surface area contributed by atoms with E-state index in [1.54, 1.807) is 7.11 Å². The largest absolute Gasteiger partial charge is 0.496 e. The van der Waals surface area contributed by atoms with Crippen LogP contribution in [0.2, 0.25) is 0 Å². The Morgan fingerprint density at radius 1 is 1.33 bits per heavy atom. The molecule has 0 amide bonds. The van der Waals surface area contributed by atoms with Crippen molar-refractivity contribution in [1.82, 2.24) is 0 Å². The maximum absolute atomic E-state index is 5.29. The van der Waals surface area contributed by atoms with E-state index in [9.17, 15) is 0 Å². The Labute approximate surface area is 93.8 Å². The molecule has 0 aromatic heterocycles. The van der Waals surface area contributed by atoms with Gasteiger partial charge in [-0.15, -0.1) is 0 Å². The third kappa shape index (κ3) is 4.68. The van der Waals surface area contributed by atoms with Gasteiger partial charge in [0, 0.05) is 5.56 Å². The van der Waals surface area contributed by atoms with E-state index in [1.807, 2.05) is 19.9 Å². The zero-order valence-corrected chi connectivity index (χ0v) is 10.5. The number of hydrogen-bond acceptors (Lipinski definition) is 1. The summed E-state index contributed by atoms with van der Waals surface area (Å²) in [6.07, 6.45) is 3.09. The summed E-state index contributed by atoms with van der Waals surface area (Å²) in [4.78, 5) is 0. The number of benzene rings is 1. The Bertz CT molecular complexity index is 300. The first kappa shape index (κ1) is 13.8. The number of allylic oxidation sites excluding steroid dienone is 1. The maximum Gasteiger partial charge on any atom is 0.122 e. The Morgan fingerprint density at radius 3 is 2.47 bits per heavy atom. The molecule has 0 radical (unpaired) electrons. The highest BCUT2D eigenvalue weighted by Gasteiger charge is 1.99. The van der Waals surface area contributed by atoms with Gasteiger partial charge < -0.3 is 4.74 Å². The van der Waals surface area contributed by atoms with Gasteiger partial charge in [-0.3, -0.25) is 0 Å². The molecule has 1 rings (SSSR count). The first-order valence-corrected chi connectivity index (χ1v) is 5.59. The fourth-order valence-electron chi connectivity index (χ4n) is 1.30. The summed E-state index contributed by atoms with van der Waals surface area (Å²) >= 11 is 0. The molecule has 0 N–H and O–H groups in total. The second-order valence-corrected chi connectivity index (χ2v) is 3.05. The van der Waals surface area contributed by atoms with Crippen LogP contribution in [-0.4, -0.2) is 7.11 Å². The van der Waals surface area contributed by atoms with Gasteiger partial charge in [0.15, 0.2) is 0 Å². The molecule has 0 aliphatic heterocycles. The van der Waals surface area contributed by atoms with E-state index in [-0.39, 0.29) is 0 Å². The maximum atomic E-state index is 5.29. The predicted octanol–water partition coefficient (Wildman–Crippen LogP) is 4.42. The molecule has 0 aliphatic carbocycles. The number of hydrogen-bond donors (Lipinski definition) is 0.